The first-order chi connectivity index (χ1) is 8.56. The molecule has 3 nitrogen and oxygen atoms in total. The number of benzene rings is 1. The van der Waals surface area contributed by atoms with Crippen LogP contribution in [0.5, 0.6) is 0 Å². The van der Waals surface area contributed by atoms with E-state index in [-0.39, 0.29) is 11.9 Å². The van der Waals surface area contributed by atoms with Gasteiger partial charge in [0.1, 0.15) is 0 Å². The van der Waals surface area contributed by atoms with Crippen molar-refractivity contribution in [1.82, 2.24) is 0 Å². The Morgan fingerprint density at radius 2 is 2.28 bits per heavy atom. The Balaban J connectivity index is 1.92. The molecule has 4 heteroatoms. The molecule has 1 aliphatic carbocycles. The molecule has 0 heterocycles. The fourth-order valence-corrected chi connectivity index (χ4v) is 2.82. The molecule has 1 fully saturated rings. The predicted molar refractivity (Wildman–Crippen MR) is 77.4 cm³/mol. The highest BCUT2D eigenvalue weighted by atomic mass is 79.9. The second-order valence-electron chi connectivity index (χ2n) is 5.07. The van der Waals surface area contributed by atoms with Crippen LogP contribution in [-0.4, -0.2) is 11.9 Å². The third kappa shape index (κ3) is 3.33. The Morgan fingerprint density at radius 3 is 2.89 bits per heavy atom. The lowest BCUT2D eigenvalue weighted by atomic mass is 10.00. The molecule has 2 rings (SSSR count). The average molecular weight is 311 g/mol. The summed E-state index contributed by atoms with van der Waals surface area (Å²) < 4.78 is 1.01. The Bertz CT molecular complexity index is 447. The van der Waals surface area contributed by atoms with Crippen LogP contribution in [0, 0.1) is 12.8 Å². The van der Waals surface area contributed by atoms with Gasteiger partial charge in [-0.1, -0.05) is 28.4 Å². The molecule has 98 valence electrons. The fourth-order valence-electron chi connectivity index (χ4n) is 2.44. The number of nitrogens with one attached hydrogen (secondary N) is 1. The normalized spacial score (nSPS) is 23.1. The SMILES string of the molecule is Cc1ccc(NC(=O)C[C@@H]2CCC[C@H]2N)cc1Br. The smallest absolute Gasteiger partial charge is 0.224 e. The fraction of sp³-hybridized carbons (Fsp3) is 0.500. The molecule has 2 atom stereocenters. The minimum absolute atomic E-state index is 0.0631. The monoisotopic (exact) mass is 310 g/mol. The lowest BCUT2D eigenvalue weighted by molar-refractivity contribution is -0.117. The number of aryl methyl sites for hydroxylation is 1. The maximum Gasteiger partial charge on any atom is 0.224 e. The molecule has 0 radical (unpaired) electrons. The van der Waals surface area contributed by atoms with Crippen LogP contribution in [0.4, 0.5) is 5.69 Å². The molecule has 0 aromatic heterocycles. The second-order valence-corrected chi connectivity index (χ2v) is 5.93. The molecular weight excluding hydrogens is 292 g/mol. The van der Waals surface area contributed by atoms with E-state index in [4.69, 9.17) is 5.73 Å². The van der Waals surface area contributed by atoms with E-state index in [1.54, 1.807) is 0 Å². The van der Waals surface area contributed by atoms with Crippen LogP contribution in [0.15, 0.2) is 22.7 Å². The van der Waals surface area contributed by atoms with E-state index >= 15 is 0 Å². The second kappa shape index (κ2) is 5.85. The predicted octanol–water partition coefficient (Wildman–Crippen LogP) is 3.21. The van der Waals surface area contributed by atoms with Gasteiger partial charge in [0.2, 0.25) is 5.91 Å². The zero-order chi connectivity index (χ0) is 13.1. The molecule has 0 unspecified atom stereocenters. The Labute approximate surface area is 116 Å². The van der Waals surface area contributed by atoms with Gasteiger partial charge in [-0.15, -0.1) is 0 Å². The highest BCUT2D eigenvalue weighted by molar-refractivity contribution is 9.10. The summed E-state index contributed by atoms with van der Waals surface area (Å²) in [4.78, 5) is 11.9. The molecule has 1 aliphatic rings. The van der Waals surface area contributed by atoms with Gasteiger partial charge in [0.15, 0.2) is 0 Å². The lowest BCUT2D eigenvalue weighted by Gasteiger charge is -2.15. The van der Waals surface area contributed by atoms with Gasteiger partial charge in [-0.25, -0.2) is 0 Å². The Morgan fingerprint density at radius 1 is 1.50 bits per heavy atom. The Hall–Kier alpha value is -0.870. The van der Waals surface area contributed by atoms with E-state index < -0.39 is 0 Å². The number of amides is 1. The number of hydrogen-bond acceptors (Lipinski definition) is 2. The summed E-state index contributed by atoms with van der Waals surface area (Å²) in [6.45, 7) is 2.02. The van der Waals surface area contributed by atoms with Crippen LogP contribution < -0.4 is 11.1 Å². The van der Waals surface area contributed by atoms with Gasteiger partial charge in [0, 0.05) is 22.6 Å². The van der Waals surface area contributed by atoms with Crippen LogP contribution in [0.3, 0.4) is 0 Å². The standard InChI is InChI=1S/C14H19BrN2O/c1-9-5-6-11(8-12(9)15)17-14(18)7-10-3-2-4-13(10)16/h5-6,8,10,13H,2-4,7,16H2,1H3,(H,17,18)/t10-,13+/m0/s1. The third-order valence-electron chi connectivity index (χ3n) is 3.62. The molecule has 3 N–H and O–H groups in total. The summed E-state index contributed by atoms with van der Waals surface area (Å²) in [5, 5.41) is 2.93. The zero-order valence-electron chi connectivity index (χ0n) is 10.6. The number of rotatable bonds is 3. The summed E-state index contributed by atoms with van der Waals surface area (Å²) in [6, 6.07) is 6.04. The van der Waals surface area contributed by atoms with E-state index in [9.17, 15) is 4.79 Å². The number of anilines is 1. The molecular formula is C14H19BrN2O. The van der Waals surface area contributed by atoms with Gasteiger partial charge in [-0.3, -0.25) is 4.79 Å². The van der Waals surface area contributed by atoms with Gasteiger partial charge >= 0.3 is 0 Å². The number of nitrogens with two attached hydrogens (primary N) is 1. The van der Waals surface area contributed by atoms with Crippen molar-refractivity contribution >= 4 is 27.5 Å². The van der Waals surface area contributed by atoms with E-state index in [0.717, 1.165) is 35.0 Å². The van der Waals surface area contributed by atoms with Crippen LogP contribution in [0.2, 0.25) is 0 Å². The summed E-state index contributed by atoms with van der Waals surface area (Å²) >= 11 is 3.46. The van der Waals surface area contributed by atoms with E-state index in [1.165, 1.54) is 0 Å². The van der Waals surface area contributed by atoms with Gasteiger partial charge in [0.25, 0.3) is 0 Å². The van der Waals surface area contributed by atoms with Crippen molar-refractivity contribution in [3.05, 3.63) is 28.2 Å². The number of carbonyl (C=O) groups excluding carboxylic acids is 1. The van der Waals surface area contributed by atoms with Crippen molar-refractivity contribution in [2.24, 2.45) is 11.7 Å². The zero-order valence-corrected chi connectivity index (χ0v) is 12.2. The summed E-state index contributed by atoms with van der Waals surface area (Å²) in [7, 11) is 0. The highest BCUT2D eigenvalue weighted by Gasteiger charge is 2.25. The summed E-state index contributed by atoms with van der Waals surface area (Å²) in [5.74, 6) is 0.409. The maximum absolute atomic E-state index is 11.9. The van der Waals surface area contributed by atoms with Crippen molar-refractivity contribution in [3.8, 4) is 0 Å². The van der Waals surface area contributed by atoms with Crippen molar-refractivity contribution in [2.75, 3.05) is 5.32 Å². The lowest BCUT2D eigenvalue weighted by Crippen LogP contribution is -2.28. The number of halogens is 1. The van der Waals surface area contributed by atoms with Gasteiger partial charge in [0.05, 0.1) is 0 Å². The quantitative estimate of drug-likeness (QED) is 0.900. The maximum atomic E-state index is 11.9. The molecule has 1 amide bonds. The van der Waals surface area contributed by atoms with E-state index in [1.807, 2.05) is 25.1 Å². The van der Waals surface area contributed by atoms with Crippen molar-refractivity contribution in [3.63, 3.8) is 0 Å². The van der Waals surface area contributed by atoms with E-state index in [0.29, 0.717) is 12.3 Å². The first-order valence-corrected chi connectivity index (χ1v) is 7.17. The first-order valence-electron chi connectivity index (χ1n) is 6.38. The van der Waals surface area contributed by atoms with Crippen molar-refractivity contribution in [1.29, 1.82) is 0 Å². The third-order valence-corrected chi connectivity index (χ3v) is 4.48. The molecule has 1 saturated carbocycles. The molecule has 1 aromatic carbocycles. The van der Waals surface area contributed by atoms with Gasteiger partial charge < -0.3 is 11.1 Å². The van der Waals surface area contributed by atoms with Crippen molar-refractivity contribution < 1.29 is 4.79 Å². The molecule has 18 heavy (non-hydrogen) atoms. The molecule has 1 aromatic rings. The first kappa shape index (κ1) is 13.6. The highest BCUT2D eigenvalue weighted by Crippen LogP contribution is 2.27. The summed E-state index contributed by atoms with van der Waals surface area (Å²) in [5.41, 5.74) is 7.97. The molecule has 0 bridgehead atoms. The van der Waals surface area contributed by atoms with Gasteiger partial charge in [-0.2, -0.15) is 0 Å². The van der Waals surface area contributed by atoms with E-state index in [2.05, 4.69) is 21.2 Å². The number of hydrogen-bond donors (Lipinski definition) is 2. The van der Waals surface area contributed by atoms with Gasteiger partial charge in [-0.05, 0) is 43.4 Å². The van der Waals surface area contributed by atoms with Crippen LogP contribution in [-0.2, 0) is 4.79 Å². The van der Waals surface area contributed by atoms with Crippen LogP contribution >= 0.6 is 15.9 Å². The van der Waals surface area contributed by atoms with Crippen LogP contribution in [0.1, 0.15) is 31.2 Å². The average Bonchev–Trinajstić information content (AvgIpc) is 2.70. The minimum atomic E-state index is 0.0631. The topological polar surface area (TPSA) is 55.1 Å². The van der Waals surface area contributed by atoms with Crippen molar-refractivity contribution in [2.45, 2.75) is 38.6 Å². The summed E-state index contributed by atoms with van der Waals surface area (Å²) in [6.07, 6.45) is 3.81. The number of carbonyl (C=O) groups is 1. The minimum Gasteiger partial charge on any atom is -0.327 e. The largest absolute Gasteiger partial charge is 0.327 e. The van der Waals surface area contributed by atoms with Crippen LogP contribution in [0.25, 0.3) is 0 Å². The molecule has 0 aliphatic heterocycles. The molecule has 0 spiro atoms. The molecule has 0 saturated heterocycles. The Kier molecular flexibility index (Phi) is 4.40.